The predicted octanol–water partition coefficient (Wildman–Crippen LogP) is 3.18. The van der Waals surface area contributed by atoms with E-state index in [9.17, 15) is 8.78 Å². The molecule has 0 radical (unpaired) electrons. The molecule has 2 N–H and O–H groups in total. The van der Waals surface area contributed by atoms with Crippen molar-refractivity contribution in [1.29, 1.82) is 0 Å². The Hall–Kier alpha value is -0.960. The van der Waals surface area contributed by atoms with Gasteiger partial charge in [-0.3, -0.25) is 0 Å². The van der Waals surface area contributed by atoms with Gasteiger partial charge in [-0.1, -0.05) is 26.8 Å². The molecule has 0 saturated heterocycles. The molecule has 0 spiro atoms. The van der Waals surface area contributed by atoms with Crippen molar-refractivity contribution in [2.24, 2.45) is 11.7 Å². The van der Waals surface area contributed by atoms with Gasteiger partial charge in [-0.2, -0.15) is 0 Å². The average molecular weight is 213 g/mol. The molecule has 1 aromatic carbocycles. The summed E-state index contributed by atoms with van der Waals surface area (Å²) >= 11 is 0. The molecule has 1 aromatic rings. The summed E-state index contributed by atoms with van der Waals surface area (Å²) in [6.45, 7) is 5.78. The molecular weight excluding hydrogens is 196 g/mol. The summed E-state index contributed by atoms with van der Waals surface area (Å²) in [5.41, 5.74) is 5.82. The largest absolute Gasteiger partial charge is 0.321 e. The number of benzene rings is 1. The molecule has 0 amide bonds. The molecule has 15 heavy (non-hydrogen) atoms. The smallest absolute Gasteiger partial charge is 0.131 e. The lowest BCUT2D eigenvalue weighted by atomic mass is 9.78. The zero-order chi connectivity index (χ0) is 11.6. The van der Waals surface area contributed by atoms with Crippen molar-refractivity contribution >= 4 is 0 Å². The van der Waals surface area contributed by atoms with E-state index in [4.69, 9.17) is 5.73 Å². The van der Waals surface area contributed by atoms with Crippen LogP contribution >= 0.6 is 0 Å². The van der Waals surface area contributed by atoms with Crippen LogP contribution in [-0.4, -0.2) is 0 Å². The average Bonchev–Trinajstić information content (AvgIpc) is 2.16. The van der Waals surface area contributed by atoms with Crippen LogP contribution in [0.4, 0.5) is 8.78 Å². The third-order valence-corrected chi connectivity index (χ3v) is 3.05. The van der Waals surface area contributed by atoms with Gasteiger partial charge in [0.1, 0.15) is 11.6 Å². The summed E-state index contributed by atoms with van der Waals surface area (Å²) in [5, 5.41) is 0. The van der Waals surface area contributed by atoms with Crippen molar-refractivity contribution in [3.63, 3.8) is 0 Å². The van der Waals surface area contributed by atoms with E-state index < -0.39 is 17.2 Å². The van der Waals surface area contributed by atoms with Crippen molar-refractivity contribution in [2.45, 2.75) is 32.7 Å². The first-order chi connectivity index (χ1) is 6.91. The topological polar surface area (TPSA) is 26.0 Å². The van der Waals surface area contributed by atoms with Gasteiger partial charge in [0.25, 0.3) is 0 Å². The van der Waals surface area contributed by atoms with E-state index in [1.54, 1.807) is 0 Å². The van der Waals surface area contributed by atoms with Crippen LogP contribution in [0, 0.1) is 17.6 Å². The van der Waals surface area contributed by atoms with Gasteiger partial charge >= 0.3 is 0 Å². The SMILES string of the molecule is CCC(N)(c1ccc(F)cc1F)C(C)C. The van der Waals surface area contributed by atoms with Crippen LogP contribution in [0.3, 0.4) is 0 Å². The highest BCUT2D eigenvalue weighted by molar-refractivity contribution is 5.27. The molecule has 0 aromatic heterocycles. The number of hydrogen-bond acceptors (Lipinski definition) is 1. The molecule has 0 bridgehead atoms. The third kappa shape index (κ3) is 2.17. The zero-order valence-electron chi connectivity index (χ0n) is 9.35. The fourth-order valence-corrected chi connectivity index (χ4v) is 1.78. The summed E-state index contributed by atoms with van der Waals surface area (Å²) in [5.74, 6) is -1.03. The fraction of sp³-hybridized carbons (Fsp3) is 0.500. The molecule has 1 rings (SSSR count). The highest BCUT2D eigenvalue weighted by atomic mass is 19.1. The highest BCUT2D eigenvalue weighted by Gasteiger charge is 2.31. The Morgan fingerprint density at radius 1 is 1.33 bits per heavy atom. The van der Waals surface area contributed by atoms with Crippen LogP contribution in [0.2, 0.25) is 0 Å². The molecule has 84 valence electrons. The molecular formula is C12H17F2N. The lowest BCUT2D eigenvalue weighted by molar-refractivity contribution is 0.294. The Balaban J connectivity index is 3.24. The molecule has 0 saturated carbocycles. The second-order valence-corrected chi connectivity index (χ2v) is 4.17. The molecule has 0 aliphatic carbocycles. The van der Waals surface area contributed by atoms with Crippen molar-refractivity contribution in [1.82, 2.24) is 0 Å². The first-order valence-electron chi connectivity index (χ1n) is 5.16. The summed E-state index contributed by atoms with van der Waals surface area (Å²) < 4.78 is 26.3. The van der Waals surface area contributed by atoms with E-state index in [1.807, 2.05) is 20.8 Å². The Morgan fingerprint density at radius 3 is 2.33 bits per heavy atom. The predicted molar refractivity (Wildman–Crippen MR) is 57.4 cm³/mol. The first kappa shape index (κ1) is 12.1. The van der Waals surface area contributed by atoms with Crippen molar-refractivity contribution in [3.05, 3.63) is 35.4 Å². The van der Waals surface area contributed by atoms with Crippen LogP contribution in [0.5, 0.6) is 0 Å². The summed E-state index contributed by atoms with van der Waals surface area (Å²) in [6.07, 6.45) is 0.618. The second kappa shape index (κ2) is 4.27. The monoisotopic (exact) mass is 213 g/mol. The molecule has 1 nitrogen and oxygen atoms in total. The number of hydrogen-bond donors (Lipinski definition) is 1. The van der Waals surface area contributed by atoms with E-state index in [0.29, 0.717) is 12.0 Å². The fourth-order valence-electron chi connectivity index (χ4n) is 1.78. The van der Waals surface area contributed by atoms with Crippen molar-refractivity contribution < 1.29 is 8.78 Å². The molecule has 0 fully saturated rings. The van der Waals surface area contributed by atoms with Crippen LogP contribution in [0.15, 0.2) is 18.2 Å². The minimum absolute atomic E-state index is 0.0995. The van der Waals surface area contributed by atoms with Crippen LogP contribution in [0.1, 0.15) is 32.8 Å². The van der Waals surface area contributed by atoms with Gasteiger partial charge in [0.15, 0.2) is 0 Å². The van der Waals surface area contributed by atoms with E-state index in [0.717, 1.165) is 6.07 Å². The maximum atomic E-state index is 13.6. The maximum Gasteiger partial charge on any atom is 0.131 e. The van der Waals surface area contributed by atoms with Gasteiger partial charge in [-0.25, -0.2) is 8.78 Å². The number of rotatable bonds is 3. The Morgan fingerprint density at radius 2 is 1.93 bits per heavy atom. The van der Waals surface area contributed by atoms with Gasteiger partial charge < -0.3 is 5.73 Å². The van der Waals surface area contributed by atoms with Crippen molar-refractivity contribution in [2.75, 3.05) is 0 Å². The molecule has 3 heteroatoms. The summed E-state index contributed by atoms with van der Waals surface area (Å²) in [4.78, 5) is 0. The number of nitrogens with two attached hydrogens (primary N) is 1. The van der Waals surface area contributed by atoms with E-state index in [-0.39, 0.29) is 5.92 Å². The standard InChI is InChI=1S/C12H17F2N/c1-4-12(15,8(2)3)10-6-5-9(13)7-11(10)14/h5-8H,4,15H2,1-3H3. The lowest BCUT2D eigenvalue weighted by Crippen LogP contribution is -2.42. The van der Waals surface area contributed by atoms with Gasteiger partial charge in [-0.15, -0.1) is 0 Å². The van der Waals surface area contributed by atoms with Gasteiger partial charge in [-0.05, 0) is 18.4 Å². The van der Waals surface area contributed by atoms with E-state index >= 15 is 0 Å². The number of halogens is 2. The Kier molecular flexibility index (Phi) is 3.45. The Labute approximate surface area is 89.3 Å². The van der Waals surface area contributed by atoms with Gasteiger partial charge in [0, 0.05) is 17.2 Å². The molecule has 0 aliphatic heterocycles. The second-order valence-electron chi connectivity index (χ2n) is 4.17. The minimum Gasteiger partial charge on any atom is -0.321 e. The Bertz CT molecular complexity index is 349. The van der Waals surface area contributed by atoms with Gasteiger partial charge in [0.05, 0.1) is 0 Å². The normalized spacial score (nSPS) is 15.4. The van der Waals surface area contributed by atoms with E-state index in [1.165, 1.54) is 12.1 Å². The van der Waals surface area contributed by atoms with Crippen LogP contribution in [-0.2, 0) is 5.54 Å². The summed E-state index contributed by atoms with van der Waals surface area (Å²) in [7, 11) is 0. The van der Waals surface area contributed by atoms with Crippen molar-refractivity contribution in [3.8, 4) is 0 Å². The zero-order valence-corrected chi connectivity index (χ0v) is 9.35. The third-order valence-electron chi connectivity index (χ3n) is 3.05. The molecule has 0 heterocycles. The van der Waals surface area contributed by atoms with Gasteiger partial charge in [0.2, 0.25) is 0 Å². The summed E-state index contributed by atoms with van der Waals surface area (Å²) in [6, 6.07) is 3.57. The molecule has 1 atom stereocenters. The first-order valence-corrected chi connectivity index (χ1v) is 5.16. The minimum atomic E-state index is -0.724. The van der Waals surface area contributed by atoms with Crippen LogP contribution < -0.4 is 5.73 Å². The van der Waals surface area contributed by atoms with Crippen LogP contribution in [0.25, 0.3) is 0 Å². The highest BCUT2D eigenvalue weighted by Crippen LogP contribution is 2.32. The quantitative estimate of drug-likeness (QED) is 0.819. The molecule has 1 unspecified atom stereocenters. The maximum absolute atomic E-state index is 13.6. The van der Waals surface area contributed by atoms with E-state index in [2.05, 4.69) is 0 Å². The lowest BCUT2D eigenvalue weighted by Gasteiger charge is -2.33. The molecule has 0 aliphatic rings.